The Bertz CT molecular complexity index is 364. The van der Waals surface area contributed by atoms with Gasteiger partial charge in [-0.15, -0.1) is 0 Å². The number of rotatable bonds is 3. The van der Waals surface area contributed by atoms with Gasteiger partial charge in [0.05, 0.1) is 7.11 Å². The molecule has 1 atom stereocenters. The van der Waals surface area contributed by atoms with Gasteiger partial charge in [0.2, 0.25) is 0 Å². The second-order valence-corrected chi connectivity index (χ2v) is 2.99. The molecule has 0 saturated heterocycles. The zero-order valence-electron chi connectivity index (χ0n) is 8.11. The van der Waals surface area contributed by atoms with Crippen LogP contribution in [0.15, 0.2) is 18.2 Å². The van der Waals surface area contributed by atoms with Crippen LogP contribution >= 0.6 is 0 Å². The largest absolute Gasteiger partial charge is 0.505 e. The molecule has 1 rings (SSSR count). The number of phenols is 1. The molecule has 0 radical (unpaired) electrons. The summed E-state index contributed by atoms with van der Waals surface area (Å²) in [5.41, 5.74) is 0.0629. The molecule has 0 aliphatic carbocycles. The van der Waals surface area contributed by atoms with Crippen LogP contribution in [0.3, 0.4) is 0 Å². The lowest BCUT2D eigenvalue weighted by molar-refractivity contribution is -0.150. The third-order valence-corrected chi connectivity index (χ3v) is 1.94. The molecular formula is C10H11FO4. The van der Waals surface area contributed by atoms with Crippen LogP contribution in [0, 0.1) is 5.82 Å². The summed E-state index contributed by atoms with van der Waals surface area (Å²) in [5.74, 6) is -2.18. The Morgan fingerprint density at radius 3 is 2.87 bits per heavy atom. The zero-order chi connectivity index (χ0) is 11.4. The van der Waals surface area contributed by atoms with E-state index in [0.717, 1.165) is 7.11 Å². The van der Waals surface area contributed by atoms with E-state index in [1.165, 1.54) is 18.2 Å². The van der Waals surface area contributed by atoms with E-state index in [2.05, 4.69) is 4.74 Å². The maximum atomic E-state index is 13.2. The lowest BCUT2D eigenvalue weighted by atomic mass is 10.1. The highest BCUT2D eigenvalue weighted by atomic mass is 19.1. The van der Waals surface area contributed by atoms with Crippen molar-refractivity contribution in [2.75, 3.05) is 7.11 Å². The van der Waals surface area contributed by atoms with Crippen LogP contribution in [-0.4, -0.2) is 29.4 Å². The molecular weight excluding hydrogens is 203 g/mol. The highest BCUT2D eigenvalue weighted by Gasteiger charge is 2.18. The first-order chi connectivity index (χ1) is 7.06. The van der Waals surface area contributed by atoms with Crippen molar-refractivity contribution in [3.8, 4) is 5.75 Å². The summed E-state index contributed by atoms with van der Waals surface area (Å²) >= 11 is 0. The number of aliphatic hydroxyl groups excluding tert-OH is 1. The molecule has 0 aliphatic rings. The first-order valence-electron chi connectivity index (χ1n) is 4.28. The Hall–Kier alpha value is -1.62. The first-order valence-corrected chi connectivity index (χ1v) is 4.28. The minimum Gasteiger partial charge on any atom is -0.505 e. The average molecular weight is 214 g/mol. The molecule has 4 nitrogen and oxygen atoms in total. The van der Waals surface area contributed by atoms with Crippen molar-refractivity contribution in [3.05, 3.63) is 29.6 Å². The van der Waals surface area contributed by atoms with E-state index in [-0.39, 0.29) is 12.0 Å². The van der Waals surface area contributed by atoms with Gasteiger partial charge in [0.15, 0.2) is 17.7 Å². The Labute approximate surface area is 85.9 Å². The molecule has 0 saturated carbocycles. The lowest BCUT2D eigenvalue weighted by Crippen LogP contribution is -2.24. The van der Waals surface area contributed by atoms with E-state index >= 15 is 0 Å². The number of hydrogen-bond donors (Lipinski definition) is 2. The number of aromatic hydroxyl groups is 1. The Balaban J connectivity index is 2.81. The summed E-state index contributed by atoms with van der Waals surface area (Å²) in [6.07, 6.45) is -1.65. The van der Waals surface area contributed by atoms with Gasteiger partial charge in [0.1, 0.15) is 0 Å². The van der Waals surface area contributed by atoms with E-state index < -0.39 is 23.6 Å². The third kappa shape index (κ3) is 2.66. The summed E-state index contributed by atoms with van der Waals surface area (Å²) in [6.45, 7) is 0. The van der Waals surface area contributed by atoms with Crippen LogP contribution < -0.4 is 0 Å². The third-order valence-electron chi connectivity index (χ3n) is 1.94. The van der Waals surface area contributed by atoms with Gasteiger partial charge in [-0.2, -0.15) is 0 Å². The molecule has 1 unspecified atom stereocenters. The fourth-order valence-corrected chi connectivity index (χ4v) is 1.15. The Kier molecular flexibility index (Phi) is 3.62. The van der Waals surface area contributed by atoms with Crippen LogP contribution in [-0.2, 0) is 16.0 Å². The van der Waals surface area contributed by atoms with Gasteiger partial charge < -0.3 is 14.9 Å². The molecule has 82 valence electrons. The predicted molar refractivity (Wildman–Crippen MR) is 49.8 cm³/mol. The zero-order valence-corrected chi connectivity index (χ0v) is 8.11. The summed E-state index contributed by atoms with van der Waals surface area (Å²) < 4.78 is 17.5. The van der Waals surface area contributed by atoms with Crippen molar-refractivity contribution in [2.24, 2.45) is 0 Å². The van der Waals surface area contributed by atoms with Crippen LogP contribution in [0.2, 0.25) is 0 Å². The summed E-state index contributed by atoms with van der Waals surface area (Å²) in [5, 5.41) is 18.3. The molecule has 2 N–H and O–H groups in total. The fourth-order valence-electron chi connectivity index (χ4n) is 1.15. The van der Waals surface area contributed by atoms with Gasteiger partial charge in [-0.3, -0.25) is 0 Å². The van der Waals surface area contributed by atoms with Crippen molar-refractivity contribution >= 4 is 5.97 Å². The summed E-state index contributed by atoms with van der Waals surface area (Å²) in [6, 6.07) is 3.99. The monoisotopic (exact) mass is 214 g/mol. The molecule has 15 heavy (non-hydrogen) atoms. The van der Waals surface area contributed by atoms with Gasteiger partial charge in [-0.25, -0.2) is 9.18 Å². The summed E-state index contributed by atoms with van der Waals surface area (Å²) in [4.78, 5) is 10.9. The quantitative estimate of drug-likeness (QED) is 0.723. The van der Waals surface area contributed by atoms with Gasteiger partial charge >= 0.3 is 5.97 Å². The number of esters is 1. The maximum absolute atomic E-state index is 13.2. The number of ether oxygens (including phenoxy) is 1. The lowest BCUT2D eigenvalue weighted by Gasteiger charge is -2.09. The van der Waals surface area contributed by atoms with Gasteiger partial charge in [0, 0.05) is 6.42 Å². The number of halogens is 1. The minimum absolute atomic E-state index is 0.0629. The predicted octanol–water partition coefficient (Wildman–Crippen LogP) is 0.608. The van der Waals surface area contributed by atoms with Crippen molar-refractivity contribution in [1.82, 2.24) is 0 Å². The van der Waals surface area contributed by atoms with E-state index in [0.29, 0.717) is 0 Å². The Morgan fingerprint density at radius 1 is 1.60 bits per heavy atom. The molecule has 0 amide bonds. The van der Waals surface area contributed by atoms with Crippen LogP contribution in [0.4, 0.5) is 4.39 Å². The van der Waals surface area contributed by atoms with E-state index in [4.69, 9.17) is 5.11 Å². The number of benzene rings is 1. The minimum atomic E-state index is -1.42. The van der Waals surface area contributed by atoms with Gasteiger partial charge in [-0.1, -0.05) is 12.1 Å². The number of carbonyl (C=O) groups is 1. The molecule has 5 heteroatoms. The second-order valence-electron chi connectivity index (χ2n) is 2.99. The van der Waals surface area contributed by atoms with Crippen molar-refractivity contribution in [2.45, 2.75) is 12.5 Å². The molecule has 0 bridgehead atoms. The number of carbonyl (C=O) groups excluding carboxylic acids is 1. The molecule has 0 fully saturated rings. The maximum Gasteiger partial charge on any atom is 0.335 e. The smallest absolute Gasteiger partial charge is 0.335 e. The van der Waals surface area contributed by atoms with Crippen LogP contribution in [0.25, 0.3) is 0 Å². The van der Waals surface area contributed by atoms with E-state index in [1.807, 2.05) is 0 Å². The van der Waals surface area contributed by atoms with Gasteiger partial charge in [-0.05, 0) is 11.6 Å². The van der Waals surface area contributed by atoms with E-state index in [1.54, 1.807) is 0 Å². The van der Waals surface area contributed by atoms with Gasteiger partial charge in [0.25, 0.3) is 0 Å². The number of hydrogen-bond acceptors (Lipinski definition) is 4. The first kappa shape index (κ1) is 11.5. The topological polar surface area (TPSA) is 66.8 Å². The Morgan fingerprint density at radius 2 is 2.27 bits per heavy atom. The van der Waals surface area contributed by atoms with Crippen LogP contribution in [0.5, 0.6) is 5.75 Å². The molecule has 0 spiro atoms. The number of aliphatic hydroxyl groups is 1. The fraction of sp³-hybridized carbons (Fsp3) is 0.300. The van der Waals surface area contributed by atoms with Crippen molar-refractivity contribution in [3.63, 3.8) is 0 Å². The van der Waals surface area contributed by atoms with Crippen LogP contribution in [0.1, 0.15) is 5.56 Å². The normalized spacial score (nSPS) is 12.2. The molecule has 1 aromatic rings. The molecule has 1 aromatic carbocycles. The number of methoxy groups -OCH3 is 1. The van der Waals surface area contributed by atoms with Crippen molar-refractivity contribution < 1.29 is 24.1 Å². The highest BCUT2D eigenvalue weighted by molar-refractivity contribution is 5.74. The van der Waals surface area contributed by atoms with Crippen molar-refractivity contribution in [1.29, 1.82) is 0 Å². The molecule has 0 heterocycles. The standard InChI is InChI=1S/C10H11FO4/c1-15-10(14)8(13)5-6-3-2-4-7(12)9(6)11/h2-4,8,12-13H,5H2,1H3. The number of phenolic OH excluding ortho intramolecular Hbond substituents is 1. The summed E-state index contributed by atoms with van der Waals surface area (Å²) in [7, 11) is 1.13. The highest BCUT2D eigenvalue weighted by Crippen LogP contribution is 2.19. The molecule has 0 aromatic heterocycles. The SMILES string of the molecule is COC(=O)C(O)Cc1cccc(O)c1F. The van der Waals surface area contributed by atoms with E-state index in [9.17, 15) is 14.3 Å². The molecule has 0 aliphatic heterocycles. The second kappa shape index (κ2) is 4.75. The average Bonchev–Trinajstić information content (AvgIpc) is 2.23.